The van der Waals surface area contributed by atoms with Gasteiger partial charge in [-0.25, -0.2) is 9.78 Å². The number of carboxylic acids is 1. The van der Waals surface area contributed by atoms with Crippen LogP contribution in [-0.4, -0.2) is 22.7 Å². The van der Waals surface area contributed by atoms with Crippen molar-refractivity contribution < 1.29 is 19.4 Å². The van der Waals surface area contributed by atoms with Gasteiger partial charge in [0.25, 0.3) is 0 Å². The average molecular weight is 285 g/mol. The molecule has 5 nitrogen and oxygen atoms in total. The van der Waals surface area contributed by atoms with Crippen LogP contribution < -0.4 is 9.47 Å². The van der Waals surface area contributed by atoms with Crippen molar-refractivity contribution in [2.24, 2.45) is 0 Å². The second kappa shape index (κ2) is 7.09. The number of carboxylic acid groups (broad SMARTS) is 1. The third-order valence-corrected chi connectivity index (χ3v) is 2.53. The summed E-state index contributed by atoms with van der Waals surface area (Å²) in [6, 6.07) is 10.6. The molecule has 0 spiro atoms. The number of hydrogen-bond donors (Lipinski definition) is 1. The van der Waals surface area contributed by atoms with Crippen LogP contribution in [0.4, 0.5) is 0 Å². The summed E-state index contributed by atoms with van der Waals surface area (Å²) >= 11 is 0. The van der Waals surface area contributed by atoms with Gasteiger partial charge >= 0.3 is 5.97 Å². The van der Waals surface area contributed by atoms with Crippen molar-refractivity contribution in [1.29, 1.82) is 0 Å². The lowest BCUT2D eigenvalue weighted by Crippen LogP contribution is -1.92. The number of pyridine rings is 1. The number of rotatable bonds is 6. The zero-order valence-corrected chi connectivity index (χ0v) is 11.5. The molecule has 1 aromatic heterocycles. The van der Waals surface area contributed by atoms with Crippen molar-refractivity contribution in [1.82, 2.24) is 4.98 Å². The molecule has 1 heterocycles. The molecule has 2 aromatic rings. The highest BCUT2D eigenvalue weighted by molar-refractivity contribution is 5.85. The summed E-state index contributed by atoms with van der Waals surface area (Å²) in [5.41, 5.74) is 0.691. The van der Waals surface area contributed by atoms with Gasteiger partial charge in [-0.2, -0.15) is 0 Å². The normalized spacial score (nSPS) is 10.5. The first-order valence-electron chi connectivity index (χ1n) is 6.45. The van der Waals surface area contributed by atoms with E-state index in [1.165, 1.54) is 6.08 Å². The number of benzene rings is 1. The molecule has 0 aliphatic heterocycles. The Balaban J connectivity index is 2.01. The molecular weight excluding hydrogens is 270 g/mol. The summed E-state index contributed by atoms with van der Waals surface area (Å²) in [6.45, 7) is 2.54. The fraction of sp³-hybridized carbons (Fsp3) is 0.125. The van der Waals surface area contributed by atoms with Crippen molar-refractivity contribution in [2.75, 3.05) is 6.61 Å². The monoisotopic (exact) mass is 285 g/mol. The highest BCUT2D eigenvalue weighted by Gasteiger charge is 2.00. The van der Waals surface area contributed by atoms with Crippen LogP contribution in [0.15, 0.2) is 48.7 Å². The van der Waals surface area contributed by atoms with Crippen molar-refractivity contribution in [3.8, 4) is 17.4 Å². The maximum Gasteiger partial charge on any atom is 0.328 e. The predicted molar refractivity (Wildman–Crippen MR) is 78.6 cm³/mol. The van der Waals surface area contributed by atoms with E-state index in [0.29, 0.717) is 23.8 Å². The molecule has 0 bridgehead atoms. The second-order valence-electron chi connectivity index (χ2n) is 4.11. The number of ether oxygens (including phenoxy) is 2. The second-order valence-corrected chi connectivity index (χ2v) is 4.11. The van der Waals surface area contributed by atoms with Crippen LogP contribution in [0.5, 0.6) is 17.4 Å². The SMILES string of the molecule is CCOc1ccc(Oc2ccc(/C=C/C(=O)O)cn2)cc1. The molecule has 1 aromatic carbocycles. The summed E-state index contributed by atoms with van der Waals surface area (Å²) in [5, 5.41) is 8.54. The summed E-state index contributed by atoms with van der Waals surface area (Å²) in [7, 11) is 0. The first-order chi connectivity index (χ1) is 10.2. The van der Waals surface area contributed by atoms with Crippen LogP contribution >= 0.6 is 0 Å². The molecule has 0 fully saturated rings. The van der Waals surface area contributed by atoms with Gasteiger partial charge in [-0.1, -0.05) is 0 Å². The lowest BCUT2D eigenvalue weighted by molar-refractivity contribution is -0.131. The van der Waals surface area contributed by atoms with Gasteiger partial charge in [0.15, 0.2) is 0 Å². The van der Waals surface area contributed by atoms with Crippen LogP contribution in [0.1, 0.15) is 12.5 Å². The van der Waals surface area contributed by atoms with E-state index >= 15 is 0 Å². The Bertz CT molecular complexity index is 618. The number of carbonyl (C=O) groups is 1. The largest absolute Gasteiger partial charge is 0.494 e. The molecule has 0 aliphatic carbocycles. The highest BCUT2D eigenvalue weighted by atomic mass is 16.5. The van der Waals surface area contributed by atoms with Crippen LogP contribution in [0.25, 0.3) is 6.08 Å². The minimum atomic E-state index is -0.996. The standard InChI is InChI=1S/C16H15NO4/c1-2-20-13-5-7-14(8-6-13)21-15-9-3-12(11-17-15)4-10-16(18)19/h3-11H,2H2,1H3,(H,18,19)/b10-4+. The molecule has 2 rings (SSSR count). The van der Waals surface area contributed by atoms with E-state index in [-0.39, 0.29) is 0 Å². The van der Waals surface area contributed by atoms with Gasteiger partial charge in [0.2, 0.25) is 5.88 Å². The highest BCUT2D eigenvalue weighted by Crippen LogP contribution is 2.22. The molecule has 0 radical (unpaired) electrons. The summed E-state index contributed by atoms with van der Waals surface area (Å²) in [6.07, 6.45) is 4.07. The molecular formula is C16H15NO4. The van der Waals surface area contributed by atoms with Crippen LogP contribution in [0.2, 0.25) is 0 Å². The maximum absolute atomic E-state index is 10.4. The Morgan fingerprint density at radius 1 is 1.19 bits per heavy atom. The molecule has 1 N–H and O–H groups in total. The van der Waals surface area contributed by atoms with E-state index in [9.17, 15) is 4.79 Å². The van der Waals surface area contributed by atoms with Gasteiger partial charge in [0, 0.05) is 18.3 Å². The van der Waals surface area contributed by atoms with E-state index in [1.807, 2.05) is 19.1 Å². The quantitative estimate of drug-likeness (QED) is 0.824. The van der Waals surface area contributed by atoms with Crippen molar-refractivity contribution in [3.05, 3.63) is 54.2 Å². The first kappa shape index (κ1) is 14.6. The molecule has 108 valence electrons. The molecule has 21 heavy (non-hydrogen) atoms. The third kappa shape index (κ3) is 4.65. The van der Waals surface area contributed by atoms with Crippen molar-refractivity contribution >= 4 is 12.0 Å². The van der Waals surface area contributed by atoms with Crippen LogP contribution in [0, 0.1) is 0 Å². The van der Waals surface area contributed by atoms with E-state index in [4.69, 9.17) is 14.6 Å². The number of aromatic nitrogens is 1. The molecule has 5 heteroatoms. The van der Waals surface area contributed by atoms with Gasteiger partial charge < -0.3 is 14.6 Å². The van der Waals surface area contributed by atoms with Gasteiger partial charge in [-0.3, -0.25) is 0 Å². The zero-order chi connectivity index (χ0) is 15.1. The minimum absolute atomic E-state index is 0.437. The minimum Gasteiger partial charge on any atom is -0.494 e. The Labute approximate surface area is 122 Å². The van der Waals surface area contributed by atoms with Crippen molar-refractivity contribution in [2.45, 2.75) is 6.92 Å². The van der Waals surface area contributed by atoms with Crippen LogP contribution in [0.3, 0.4) is 0 Å². The zero-order valence-electron chi connectivity index (χ0n) is 11.5. The van der Waals surface area contributed by atoms with E-state index in [0.717, 1.165) is 11.8 Å². The number of aliphatic carboxylic acids is 1. The Hall–Kier alpha value is -2.82. The van der Waals surface area contributed by atoms with Gasteiger partial charge in [-0.05, 0) is 48.9 Å². The Morgan fingerprint density at radius 2 is 1.90 bits per heavy atom. The molecule has 0 amide bonds. The van der Waals surface area contributed by atoms with Gasteiger partial charge in [0.1, 0.15) is 11.5 Å². The number of hydrogen-bond acceptors (Lipinski definition) is 4. The van der Waals surface area contributed by atoms with Gasteiger partial charge in [0.05, 0.1) is 6.61 Å². The lowest BCUT2D eigenvalue weighted by Gasteiger charge is -2.06. The Kier molecular flexibility index (Phi) is 4.93. The third-order valence-electron chi connectivity index (χ3n) is 2.53. The molecule has 0 saturated carbocycles. The molecule has 0 unspecified atom stereocenters. The van der Waals surface area contributed by atoms with Crippen LogP contribution in [-0.2, 0) is 4.79 Å². The lowest BCUT2D eigenvalue weighted by atomic mass is 10.2. The van der Waals surface area contributed by atoms with Gasteiger partial charge in [-0.15, -0.1) is 0 Å². The number of nitrogens with zero attached hydrogens (tertiary/aromatic N) is 1. The predicted octanol–water partition coefficient (Wildman–Crippen LogP) is 3.37. The van der Waals surface area contributed by atoms with E-state index < -0.39 is 5.97 Å². The molecule has 0 aliphatic rings. The topological polar surface area (TPSA) is 68.7 Å². The summed E-state index contributed by atoms with van der Waals surface area (Å²) in [4.78, 5) is 14.5. The Morgan fingerprint density at radius 3 is 2.48 bits per heavy atom. The fourth-order valence-corrected chi connectivity index (χ4v) is 1.61. The van der Waals surface area contributed by atoms with E-state index in [1.54, 1.807) is 30.5 Å². The smallest absolute Gasteiger partial charge is 0.328 e. The van der Waals surface area contributed by atoms with Crippen molar-refractivity contribution in [3.63, 3.8) is 0 Å². The van der Waals surface area contributed by atoms with E-state index in [2.05, 4.69) is 4.98 Å². The first-order valence-corrected chi connectivity index (χ1v) is 6.45. The molecule has 0 atom stereocenters. The summed E-state index contributed by atoms with van der Waals surface area (Å²) < 4.78 is 10.9. The molecule has 0 saturated heterocycles. The maximum atomic E-state index is 10.4. The fourth-order valence-electron chi connectivity index (χ4n) is 1.61. The average Bonchev–Trinajstić information content (AvgIpc) is 2.49. The summed E-state index contributed by atoms with van der Waals surface area (Å²) in [5.74, 6) is 0.878.